The van der Waals surface area contributed by atoms with Crippen LogP contribution in [0.1, 0.15) is 5.56 Å². The molecule has 0 atom stereocenters. The van der Waals surface area contributed by atoms with Gasteiger partial charge in [0.05, 0.1) is 22.6 Å². The summed E-state index contributed by atoms with van der Waals surface area (Å²) >= 11 is 0. The Kier molecular flexibility index (Phi) is 9.02. The lowest BCUT2D eigenvalue weighted by molar-refractivity contribution is -0.137. The molecule has 0 aromatic heterocycles. The van der Waals surface area contributed by atoms with Crippen LogP contribution in [-0.2, 0) is 6.18 Å². The van der Waals surface area contributed by atoms with E-state index in [1.54, 1.807) is 24.3 Å². The Balaban J connectivity index is 0. The molecule has 2 aromatic carbocycles. The first-order chi connectivity index (χ1) is 9.27. The first-order valence-corrected chi connectivity index (χ1v) is 5.66. The van der Waals surface area contributed by atoms with Crippen molar-refractivity contribution in [1.29, 1.82) is 0 Å². The Hall–Kier alpha value is -1.70. The number of alkyl halides is 3. The van der Waals surface area contributed by atoms with Gasteiger partial charge >= 0.3 is 6.18 Å². The summed E-state index contributed by atoms with van der Waals surface area (Å²) in [6.45, 7) is 0. The van der Waals surface area contributed by atoms with Gasteiger partial charge in [0, 0.05) is 11.4 Å². The lowest BCUT2D eigenvalue weighted by atomic mass is 10.1. The van der Waals surface area contributed by atoms with E-state index in [-0.39, 0.29) is 54.3 Å². The highest BCUT2D eigenvalue weighted by Crippen LogP contribution is 2.37. The second kappa shape index (κ2) is 8.81. The number of benzene rings is 2. The van der Waals surface area contributed by atoms with E-state index in [0.717, 1.165) is 12.1 Å². The van der Waals surface area contributed by atoms with Gasteiger partial charge in [0.15, 0.2) is 0 Å². The Morgan fingerprint density at radius 3 is 1.61 bits per heavy atom. The molecule has 0 radical (unpaired) electrons. The monoisotopic (exact) mass is 390 g/mol. The highest BCUT2D eigenvalue weighted by Gasteiger charge is 2.31. The Morgan fingerprint density at radius 1 is 0.783 bits per heavy atom. The zero-order valence-electron chi connectivity index (χ0n) is 11.6. The summed E-state index contributed by atoms with van der Waals surface area (Å²) in [6, 6.07) is 8.33. The van der Waals surface area contributed by atoms with E-state index >= 15 is 0 Å². The second-order valence-electron chi connectivity index (χ2n) is 4.27. The Labute approximate surface area is 149 Å². The van der Waals surface area contributed by atoms with Gasteiger partial charge in [-0.15, -0.1) is 37.2 Å². The van der Waals surface area contributed by atoms with Crippen molar-refractivity contribution in [2.75, 3.05) is 22.5 Å². The van der Waals surface area contributed by atoms with E-state index < -0.39 is 11.7 Å². The van der Waals surface area contributed by atoms with Crippen LogP contribution in [0, 0.1) is 0 Å². The van der Waals surface area contributed by atoms with Crippen molar-refractivity contribution in [1.82, 2.24) is 0 Å². The van der Waals surface area contributed by atoms with Crippen LogP contribution in [0.4, 0.5) is 41.6 Å². The van der Waals surface area contributed by atoms with E-state index in [1.807, 2.05) is 0 Å². The van der Waals surface area contributed by atoms with Gasteiger partial charge < -0.3 is 22.5 Å². The summed E-state index contributed by atoms with van der Waals surface area (Å²) in [4.78, 5) is 0. The molecule has 0 saturated heterocycles. The predicted octanol–water partition coefficient (Wildman–Crippen LogP) is 4.46. The third kappa shape index (κ3) is 5.78. The van der Waals surface area contributed by atoms with Crippen LogP contribution in [0.5, 0.6) is 0 Å². The van der Waals surface area contributed by atoms with Gasteiger partial charge in [-0.25, -0.2) is 0 Å². The number of rotatable bonds is 2. The van der Waals surface area contributed by atoms with E-state index in [4.69, 9.17) is 17.2 Å². The molecule has 0 aliphatic rings. The second-order valence-corrected chi connectivity index (χ2v) is 4.27. The van der Waals surface area contributed by atoms with Gasteiger partial charge in [0.2, 0.25) is 0 Å². The molecule has 0 spiro atoms. The number of hydrogen-bond acceptors (Lipinski definition) is 4. The normalized spacial score (nSPS) is 9.87. The van der Waals surface area contributed by atoms with Crippen LogP contribution in [0.2, 0.25) is 0 Å². The van der Waals surface area contributed by atoms with Crippen molar-refractivity contribution < 1.29 is 13.2 Å². The van der Waals surface area contributed by atoms with E-state index in [0.29, 0.717) is 11.4 Å². The summed E-state index contributed by atoms with van der Waals surface area (Å²) in [5.74, 6) is 0. The lowest BCUT2D eigenvalue weighted by Gasteiger charge is -2.15. The van der Waals surface area contributed by atoms with E-state index in [1.165, 1.54) is 0 Å². The zero-order chi connectivity index (χ0) is 14.9. The molecule has 2 aromatic rings. The number of nitrogen functional groups attached to an aromatic ring is 3. The molecule has 10 heteroatoms. The van der Waals surface area contributed by atoms with Crippen LogP contribution >= 0.6 is 37.2 Å². The van der Waals surface area contributed by atoms with Gasteiger partial charge in [0.25, 0.3) is 0 Å². The maximum atomic E-state index is 12.6. The third-order valence-electron chi connectivity index (χ3n) is 2.71. The van der Waals surface area contributed by atoms with Crippen molar-refractivity contribution in [3.05, 3.63) is 42.0 Å². The standard InChI is InChI=1S/C13H13F3N4.3ClH/c14-13(15,16)7-5-10(18)12(11(19)6-7)20-9-3-1-8(17)2-4-9;;;/h1-6,20H,17-19H2;3*1H. The molecular formula is C13H16Cl3F3N4. The molecule has 0 heterocycles. The molecule has 23 heavy (non-hydrogen) atoms. The fourth-order valence-electron chi connectivity index (χ4n) is 1.71. The van der Waals surface area contributed by atoms with Crippen molar-refractivity contribution >= 4 is 65.7 Å². The minimum absolute atomic E-state index is 0. The highest BCUT2D eigenvalue weighted by molar-refractivity contribution is 5.86. The number of nitrogens with one attached hydrogen (secondary N) is 1. The minimum atomic E-state index is -4.48. The number of halogens is 6. The molecule has 4 nitrogen and oxygen atoms in total. The van der Waals surface area contributed by atoms with Crippen LogP contribution in [-0.4, -0.2) is 0 Å². The zero-order valence-corrected chi connectivity index (χ0v) is 14.0. The molecule has 0 fully saturated rings. The fraction of sp³-hybridized carbons (Fsp3) is 0.0769. The molecule has 0 aliphatic heterocycles. The molecule has 0 bridgehead atoms. The molecule has 0 amide bonds. The van der Waals surface area contributed by atoms with Gasteiger partial charge in [-0.3, -0.25) is 0 Å². The number of hydrogen-bond donors (Lipinski definition) is 4. The molecule has 0 unspecified atom stereocenters. The van der Waals surface area contributed by atoms with Gasteiger partial charge in [-0.05, 0) is 36.4 Å². The smallest absolute Gasteiger partial charge is 0.399 e. The molecule has 7 N–H and O–H groups in total. The van der Waals surface area contributed by atoms with Gasteiger partial charge in [0.1, 0.15) is 0 Å². The van der Waals surface area contributed by atoms with Gasteiger partial charge in [-0.2, -0.15) is 13.2 Å². The summed E-state index contributed by atoms with van der Waals surface area (Å²) in [6.07, 6.45) is -4.48. The number of anilines is 5. The quantitative estimate of drug-likeness (QED) is 0.569. The van der Waals surface area contributed by atoms with Crippen molar-refractivity contribution in [2.45, 2.75) is 6.18 Å². The third-order valence-corrected chi connectivity index (χ3v) is 2.71. The van der Waals surface area contributed by atoms with Crippen molar-refractivity contribution in [3.63, 3.8) is 0 Å². The van der Waals surface area contributed by atoms with Crippen molar-refractivity contribution in [3.8, 4) is 0 Å². The Morgan fingerprint density at radius 2 is 1.22 bits per heavy atom. The molecule has 2 rings (SSSR count). The molecular weight excluding hydrogens is 376 g/mol. The summed E-state index contributed by atoms with van der Waals surface area (Å²) in [5.41, 5.74) is 17.2. The maximum Gasteiger partial charge on any atom is 0.416 e. The average Bonchev–Trinajstić information content (AvgIpc) is 2.34. The predicted molar refractivity (Wildman–Crippen MR) is 96.1 cm³/mol. The SMILES string of the molecule is Cl.Cl.Cl.Nc1ccc(Nc2c(N)cc(C(F)(F)F)cc2N)cc1. The van der Waals surface area contributed by atoms with E-state index in [2.05, 4.69) is 5.32 Å². The molecule has 0 saturated carbocycles. The Bertz CT molecular complexity index is 610. The minimum Gasteiger partial charge on any atom is -0.399 e. The van der Waals surface area contributed by atoms with Crippen LogP contribution in [0.15, 0.2) is 36.4 Å². The summed E-state index contributed by atoms with van der Waals surface area (Å²) in [7, 11) is 0. The average molecular weight is 392 g/mol. The van der Waals surface area contributed by atoms with E-state index in [9.17, 15) is 13.2 Å². The lowest BCUT2D eigenvalue weighted by Crippen LogP contribution is -2.09. The first-order valence-electron chi connectivity index (χ1n) is 5.66. The van der Waals surface area contributed by atoms with Crippen LogP contribution < -0.4 is 22.5 Å². The van der Waals surface area contributed by atoms with Crippen LogP contribution in [0.25, 0.3) is 0 Å². The van der Waals surface area contributed by atoms with Crippen LogP contribution in [0.3, 0.4) is 0 Å². The van der Waals surface area contributed by atoms with Crippen molar-refractivity contribution in [2.24, 2.45) is 0 Å². The summed E-state index contributed by atoms with van der Waals surface area (Å²) in [5, 5.41) is 2.87. The fourth-order valence-corrected chi connectivity index (χ4v) is 1.71. The molecule has 130 valence electrons. The number of nitrogens with two attached hydrogens (primary N) is 3. The first kappa shape index (κ1) is 23.6. The molecule has 0 aliphatic carbocycles. The highest BCUT2D eigenvalue weighted by atomic mass is 35.5. The topological polar surface area (TPSA) is 90.1 Å². The maximum absolute atomic E-state index is 12.6. The summed E-state index contributed by atoms with van der Waals surface area (Å²) < 4.78 is 37.8. The van der Waals surface area contributed by atoms with Gasteiger partial charge in [-0.1, -0.05) is 0 Å². The largest absolute Gasteiger partial charge is 0.416 e.